The van der Waals surface area contributed by atoms with Crippen molar-refractivity contribution < 1.29 is 14.3 Å². The Balaban J connectivity index is 1.98. The Morgan fingerprint density at radius 1 is 1.32 bits per heavy atom. The van der Waals surface area contributed by atoms with Crippen molar-refractivity contribution in [3.8, 4) is 5.75 Å². The number of methoxy groups -OCH3 is 1. The molecular weight excluding hydrogens is 486 g/mol. The van der Waals surface area contributed by atoms with Gasteiger partial charge in [-0.15, -0.1) is 0 Å². The highest BCUT2D eigenvalue weighted by atomic mass is 79.9. The lowest BCUT2D eigenvalue weighted by atomic mass is 10.1. The second-order valence-electron chi connectivity index (χ2n) is 6.86. The third kappa shape index (κ3) is 5.32. The standard InChI is InChI=1S/C22H21BrClN3O4/c1-4-13(2)21-26-18-7-6-15(23)10-16(18)22(29)27(21)25-11-14-5-8-19(17(24)9-14)31-12-20(28)30-3/h5-11,13H,4,12H2,1-3H3/t13-/m1/s1. The third-order valence-electron chi connectivity index (χ3n) is 4.74. The molecule has 3 rings (SSSR count). The number of ether oxygens (including phenoxy) is 2. The van der Waals surface area contributed by atoms with Crippen molar-refractivity contribution in [3.63, 3.8) is 0 Å². The van der Waals surface area contributed by atoms with Gasteiger partial charge in [0.05, 0.1) is 29.2 Å². The zero-order chi connectivity index (χ0) is 22.5. The van der Waals surface area contributed by atoms with Crippen LogP contribution in [0.4, 0.5) is 0 Å². The minimum Gasteiger partial charge on any atom is -0.480 e. The zero-order valence-corrected chi connectivity index (χ0v) is 19.6. The molecular formula is C22H21BrClN3O4. The van der Waals surface area contributed by atoms with Crippen LogP contribution >= 0.6 is 27.5 Å². The van der Waals surface area contributed by atoms with E-state index in [-0.39, 0.29) is 18.1 Å². The van der Waals surface area contributed by atoms with Crippen molar-refractivity contribution in [1.29, 1.82) is 0 Å². The molecule has 31 heavy (non-hydrogen) atoms. The Hall–Kier alpha value is -2.71. The topological polar surface area (TPSA) is 82.8 Å². The van der Waals surface area contributed by atoms with E-state index >= 15 is 0 Å². The number of fused-ring (bicyclic) bond motifs is 1. The molecule has 0 amide bonds. The maximum atomic E-state index is 13.1. The quantitative estimate of drug-likeness (QED) is 0.341. The molecule has 7 nitrogen and oxygen atoms in total. The summed E-state index contributed by atoms with van der Waals surface area (Å²) in [5.74, 6) is 0.464. The summed E-state index contributed by atoms with van der Waals surface area (Å²) in [6, 6.07) is 10.4. The van der Waals surface area contributed by atoms with Gasteiger partial charge < -0.3 is 9.47 Å². The molecule has 0 saturated carbocycles. The van der Waals surface area contributed by atoms with E-state index in [4.69, 9.17) is 16.3 Å². The molecule has 3 aromatic rings. The van der Waals surface area contributed by atoms with E-state index in [0.29, 0.717) is 33.1 Å². The molecule has 0 aliphatic carbocycles. The van der Waals surface area contributed by atoms with Gasteiger partial charge in [0.2, 0.25) is 0 Å². The first-order chi connectivity index (χ1) is 14.8. The number of carbonyl (C=O) groups is 1. The molecule has 162 valence electrons. The van der Waals surface area contributed by atoms with Crippen LogP contribution in [0.25, 0.3) is 10.9 Å². The van der Waals surface area contributed by atoms with E-state index in [0.717, 1.165) is 10.9 Å². The number of hydrogen-bond acceptors (Lipinski definition) is 6. The molecule has 9 heteroatoms. The Labute approximate surface area is 192 Å². The summed E-state index contributed by atoms with van der Waals surface area (Å²) >= 11 is 9.64. The molecule has 2 aromatic carbocycles. The van der Waals surface area contributed by atoms with Crippen molar-refractivity contribution in [2.24, 2.45) is 5.10 Å². The fraction of sp³-hybridized carbons (Fsp3) is 0.273. The Kier molecular flexibility index (Phi) is 7.46. The first kappa shape index (κ1) is 23.0. The van der Waals surface area contributed by atoms with Crippen LogP contribution in [-0.4, -0.2) is 35.6 Å². The van der Waals surface area contributed by atoms with Gasteiger partial charge in [0.1, 0.15) is 11.6 Å². The van der Waals surface area contributed by atoms with Crippen LogP contribution in [0.3, 0.4) is 0 Å². The highest BCUT2D eigenvalue weighted by Gasteiger charge is 2.15. The number of carbonyl (C=O) groups excluding carboxylic acids is 1. The number of nitrogens with zero attached hydrogens (tertiary/aromatic N) is 3. The number of halogens is 2. The molecule has 1 atom stereocenters. The molecule has 0 unspecified atom stereocenters. The molecule has 0 radical (unpaired) electrons. The molecule has 0 aliphatic rings. The molecule has 0 fully saturated rings. The van der Waals surface area contributed by atoms with E-state index < -0.39 is 5.97 Å². The fourth-order valence-electron chi connectivity index (χ4n) is 2.81. The number of rotatable bonds is 7. The first-order valence-corrected chi connectivity index (χ1v) is 10.8. The minimum absolute atomic E-state index is 0.0376. The Morgan fingerprint density at radius 2 is 2.10 bits per heavy atom. The molecule has 0 N–H and O–H groups in total. The van der Waals surface area contributed by atoms with E-state index in [1.54, 1.807) is 24.3 Å². The second-order valence-corrected chi connectivity index (χ2v) is 8.18. The van der Waals surface area contributed by atoms with Gasteiger partial charge >= 0.3 is 5.97 Å². The maximum Gasteiger partial charge on any atom is 0.343 e. The van der Waals surface area contributed by atoms with Crippen LogP contribution in [0, 0.1) is 0 Å². The van der Waals surface area contributed by atoms with Gasteiger partial charge in [-0.05, 0) is 48.4 Å². The average molecular weight is 507 g/mol. The van der Waals surface area contributed by atoms with E-state index in [1.165, 1.54) is 18.0 Å². The fourth-order valence-corrected chi connectivity index (χ4v) is 3.42. The Bertz CT molecular complexity index is 1210. The highest BCUT2D eigenvalue weighted by Crippen LogP contribution is 2.25. The minimum atomic E-state index is -0.505. The summed E-state index contributed by atoms with van der Waals surface area (Å²) in [5, 5.41) is 5.19. The maximum absolute atomic E-state index is 13.1. The second kappa shape index (κ2) is 10.1. The molecule has 1 heterocycles. The van der Waals surface area contributed by atoms with Gasteiger partial charge in [0, 0.05) is 10.4 Å². The number of benzene rings is 2. The van der Waals surface area contributed by atoms with Crippen LogP contribution in [0.15, 0.2) is 50.8 Å². The van der Waals surface area contributed by atoms with Crippen LogP contribution in [-0.2, 0) is 9.53 Å². The van der Waals surface area contributed by atoms with Crippen molar-refractivity contribution in [1.82, 2.24) is 9.66 Å². The Morgan fingerprint density at radius 3 is 2.77 bits per heavy atom. The van der Waals surface area contributed by atoms with E-state index in [1.807, 2.05) is 26.0 Å². The summed E-state index contributed by atoms with van der Waals surface area (Å²) in [7, 11) is 1.28. The van der Waals surface area contributed by atoms with Gasteiger partial charge in [-0.2, -0.15) is 9.78 Å². The monoisotopic (exact) mass is 505 g/mol. The van der Waals surface area contributed by atoms with Gasteiger partial charge in [0.25, 0.3) is 5.56 Å². The number of esters is 1. The largest absolute Gasteiger partial charge is 0.480 e. The predicted molar refractivity (Wildman–Crippen MR) is 124 cm³/mol. The molecule has 0 bridgehead atoms. The highest BCUT2D eigenvalue weighted by molar-refractivity contribution is 9.10. The van der Waals surface area contributed by atoms with Gasteiger partial charge in [0.15, 0.2) is 6.61 Å². The zero-order valence-electron chi connectivity index (χ0n) is 17.3. The SMILES string of the molecule is CC[C@@H](C)c1nc2ccc(Br)cc2c(=O)n1N=Cc1ccc(OCC(=O)OC)c(Cl)c1. The van der Waals surface area contributed by atoms with Crippen LogP contribution < -0.4 is 10.3 Å². The average Bonchev–Trinajstić information content (AvgIpc) is 2.77. The van der Waals surface area contributed by atoms with E-state index in [2.05, 4.69) is 30.8 Å². The lowest BCUT2D eigenvalue weighted by Gasteiger charge is -2.14. The molecule has 1 aromatic heterocycles. The van der Waals surface area contributed by atoms with Crippen LogP contribution in [0.2, 0.25) is 5.02 Å². The molecule has 0 spiro atoms. The molecule has 0 aliphatic heterocycles. The first-order valence-electron chi connectivity index (χ1n) is 9.59. The summed E-state index contributed by atoms with van der Waals surface area (Å²) in [6.45, 7) is 3.79. The van der Waals surface area contributed by atoms with Crippen molar-refractivity contribution in [3.05, 3.63) is 67.6 Å². The van der Waals surface area contributed by atoms with Gasteiger partial charge in [-0.1, -0.05) is 41.4 Å². The smallest absolute Gasteiger partial charge is 0.343 e. The normalized spacial score (nSPS) is 12.3. The summed E-state index contributed by atoms with van der Waals surface area (Å²) < 4.78 is 12.0. The number of aromatic nitrogens is 2. The van der Waals surface area contributed by atoms with Crippen molar-refractivity contribution >= 4 is 50.6 Å². The molecule has 0 saturated heterocycles. The lowest BCUT2D eigenvalue weighted by Crippen LogP contribution is -2.23. The van der Waals surface area contributed by atoms with Gasteiger partial charge in [-0.3, -0.25) is 4.79 Å². The summed E-state index contributed by atoms with van der Waals surface area (Å²) in [5.41, 5.74) is 1.04. The third-order valence-corrected chi connectivity index (χ3v) is 5.53. The lowest BCUT2D eigenvalue weighted by molar-refractivity contribution is -0.142. The van der Waals surface area contributed by atoms with Gasteiger partial charge in [-0.25, -0.2) is 9.78 Å². The predicted octanol–water partition coefficient (Wildman–Crippen LogP) is 4.76. The van der Waals surface area contributed by atoms with Crippen molar-refractivity contribution in [2.75, 3.05) is 13.7 Å². The summed E-state index contributed by atoms with van der Waals surface area (Å²) in [6.07, 6.45) is 2.34. The van der Waals surface area contributed by atoms with Crippen LogP contribution in [0.5, 0.6) is 5.75 Å². The van der Waals surface area contributed by atoms with E-state index in [9.17, 15) is 9.59 Å². The number of hydrogen-bond donors (Lipinski definition) is 0. The summed E-state index contributed by atoms with van der Waals surface area (Å²) in [4.78, 5) is 29.0. The van der Waals surface area contributed by atoms with Crippen LogP contribution in [0.1, 0.15) is 37.6 Å². The van der Waals surface area contributed by atoms with Crippen molar-refractivity contribution in [2.45, 2.75) is 26.2 Å².